The van der Waals surface area contributed by atoms with Gasteiger partial charge < -0.3 is 14.2 Å². The van der Waals surface area contributed by atoms with E-state index in [0.717, 1.165) is 6.26 Å². The van der Waals surface area contributed by atoms with Gasteiger partial charge >= 0.3 is 5.97 Å². The monoisotopic (exact) mass is 453 g/mol. The average molecular weight is 454 g/mol. The average Bonchev–Trinajstić information content (AvgIpc) is 2.92. The van der Waals surface area contributed by atoms with E-state index in [1.54, 1.807) is 0 Å². The Labute approximate surface area is 179 Å². The van der Waals surface area contributed by atoms with E-state index in [9.17, 15) is 18.0 Å². The van der Waals surface area contributed by atoms with Gasteiger partial charge in [0.15, 0.2) is 17.6 Å². The molecule has 2 aromatic carbocycles. The molecule has 30 heavy (non-hydrogen) atoms. The first-order valence-corrected chi connectivity index (χ1v) is 11.3. The van der Waals surface area contributed by atoms with Crippen LogP contribution < -0.4 is 14.2 Å². The summed E-state index contributed by atoms with van der Waals surface area (Å²) in [6.07, 6.45) is 0.648. The molecule has 0 bridgehead atoms. The lowest BCUT2D eigenvalue weighted by Gasteiger charge is -2.15. The molecule has 0 saturated carbocycles. The van der Waals surface area contributed by atoms with Crippen molar-refractivity contribution in [3.05, 3.63) is 52.5 Å². The zero-order valence-corrected chi connectivity index (χ0v) is 17.9. The van der Waals surface area contributed by atoms with Crippen molar-refractivity contribution in [2.24, 2.45) is 0 Å². The molecule has 0 aliphatic carbocycles. The van der Waals surface area contributed by atoms with Gasteiger partial charge in [0.2, 0.25) is 15.8 Å². The maximum Gasteiger partial charge on any atom is 0.339 e. The first kappa shape index (κ1) is 21.9. The molecule has 0 aromatic heterocycles. The topological polar surface area (TPSA) is 108 Å². The number of nitrogens with one attached hydrogen (secondary N) is 1. The number of ether oxygens (including phenoxy) is 3. The van der Waals surface area contributed by atoms with Crippen LogP contribution in [-0.2, 0) is 14.8 Å². The van der Waals surface area contributed by atoms with E-state index in [-0.39, 0.29) is 16.1 Å². The van der Waals surface area contributed by atoms with Gasteiger partial charge in [0.1, 0.15) is 0 Å². The number of carbonyl (C=O) groups excluding carboxylic acids is 2. The summed E-state index contributed by atoms with van der Waals surface area (Å²) >= 11 is 6.19. The van der Waals surface area contributed by atoms with Gasteiger partial charge in [0.25, 0.3) is 0 Å². The summed E-state index contributed by atoms with van der Waals surface area (Å²) in [5.41, 5.74) is 0.725. The molecule has 2 aromatic rings. The zero-order chi connectivity index (χ0) is 21.9. The third-order valence-electron chi connectivity index (χ3n) is 4.16. The number of ketones is 1. The minimum absolute atomic E-state index is 0.136. The van der Waals surface area contributed by atoms with E-state index in [1.807, 2.05) is 0 Å². The van der Waals surface area contributed by atoms with Crippen molar-refractivity contribution in [1.82, 2.24) is 0 Å². The molecule has 10 heteroatoms. The molecule has 3 rings (SSSR count). The summed E-state index contributed by atoms with van der Waals surface area (Å²) < 4.78 is 41.2. The van der Waals surface area contributed by atoms with Crippen molar-refractivity contribution >= 4 is 39.1 Å². The highest BCUT2D eigenvalue weighted by atomic mass is 35.5. The molecule has 160 valence electrons. The van der Waals surface area contributed by atoms with E-state index < -0.39 is 27.9 Å². The molecule has 8 nitrogen and oxygen atoms in total. The number of Topliss-reactive ketones (excluding diaryl/α,β-unsaturated/α-hetero) is 1. The summed E-state index contributed by atoms with van der Waals surface area (Å²) in [5.74, 6) is -0.448. The van der Waals surface area contributed by atoms with Gasteiger partial charge in [-0.25, -0.2) is 13.2 Å². The Morgan fingerprint density at radius 1 is 1.10 bits per heavy atom. The fourth-order valence-corrected chi connectivity index (χ4v) is 3.61. The van der Waals surface area contributed by atoms with Crippen molar-refractivity contribution in [2.75, 3.05) is 24.2 Å². The van der Waals surface area contributed by atoms with Crippen LogP contribution in [0.15, 0.2) is 36.4 Å². The summed E-state index contributed by atoms with van der Waals surface area (Å²) in [6, 6.07) is 8.67. The van der Waals surface area contributed by atoms with Crippen molar-refractivity contribution < 1.29 is 32.2 Å². The second kappa shape index (κ2) is 8.93. The standard InChI is InChI=1S/C20H20ClNO7S/c1-12(18(23)13-4-6-15(7-5-13)22-30(2,25)26)29-20(24)14-10-16(21)19-17(11-14)27-8-3-9-28-19/h4-7,10-12,22H,3,8-9H2,1-2H3/t12-/m1/s1. The van der Waals surface area contributed by atoms with Gasteiger partial charge in [-0.2, -0.15) is 0 Å². The number of esters is 1. The third-order valence-corrected chi connectivity index (χ3v) is 5.05. The highest BCUT2D eigenvalue weighted by Crippen LogP contribution is 2.38. The Morgan fingerprint density at radius 3 is 2.43 bits per heavy atom. The van der Waals surface area contributed by atoms with E-state index in [1.165, 1.54) is 43.3 Å². The number of benzene rings is 2. The Bertz CT molecular complexity index is 1070. The quantitative estimate of drug-likeness (QED) is 0.528. The number of hydrogen-bond acceptors (Lipinski definition) is 7. The maximum atomic E-state index is 12.6. The molecule has 0 saturated heterocycles. The molecule has 1 atom stereocenters. The highest BCUT2D eigenvalue weighted by Gasteiger charge is 2.23. The lowest BCUT2D eigenvalue weighted by atomic mass is 10.1. The second-order valence-corrected chi connectivity index (χ2v) is 8.85. The van der Waals surface area contributed by atoms with Crippen LogP contribution in [0.5, 0.6) is 11.5 Å². The number of carbonyl (C=O) groups is 2. The summed E-state index contributed by atoms with van der Waals surface area (Å²) in [4.78, 5) is 25.1. The molecule has 0 unspecified atom stereocenters. The fraction of sp³-hybridized carbons (Fsp3) is 0.300. The summed E-state index contributed by atoms with van der Waals surface area (Å²) in [7, 11) is -3.42. The lowest BCUT2D eigenvalue weighted by Crippen LogP contribution is -2.24. The van der Waals surface area contributed by atoms with Gasteiger partial charge in [-0.1, -0.05) is 11.6 Å². The predicted octanol–water partition coefficient (Wildman–Crippen LogP) is 3.30. The predicted molar refractivity (Wildman–Crippen MR) is 111 cm³/mol. The molecule has 0 fully saturated rings. The minimum atomic E-state index is -3.42. The van der Waals surface area contributed by atoms with Gasteiger partial charge in [-0.15, -0.1) is 0 Å². The van der Waals surface area contributed by atoms with Crippen LogP contribution in [0.1, 0.15) is 34.1 Å². The Hall–Kier alpha value is -2.78. The number of hydrogen-bond donors (Lipinski definition) is 1. The van der Waals surface area contributed by atoms with Crippen LogP contribution in [0.2, 0.25) is 5.02 Å². The Balaban J connectivity index is 1.70. The molecule has 0 spiro atoms. The van der Waals surface area contributed by atoms with Crippen molar-refractivity contribution in [3.8, 4) is 11.5 Å². The largest absolute Gasteiger partial charge is 0.489 e. The van der Waals surface area contributed by atoms with Crippen LogP contribution in [0, 0.1) is 0 Å². The highest BCUT2D eigenvalue weighted by molar-refractivity contribution is 7.92. The lowest BCUT2D eigenvalue weighted by molar-refractivity contribution is 0.0318. The Morgan fingerprint density at radius 2 is 1.77 bits per heavy atom. The normalized spacial score (nSPS) is 14.4. The van der Waals surface area contributed by atoms with Crippen molar-refractivity contribution in [1.29, 1.82) is 0 Å². The van der Waals surface area contributed by atoms with Gasteiger partial charge in [-0.3, -0.25) is 9.52 Å². The molecule has 1 aliphatic heterocycles. The van der Waals surface area contributed by atoms with E-state index in [2.05, 4.69) is 4.72 Å². The summed E-state index contributed by atoms with van der Waals surface area (Å²) in [5, 5.41) is 0.217. The first-order valence-electron chi connectivity index (χ1n) is 9.06. The maximum absolute atomic E-state index is 12.6. The molecule has 0 amide bonds. The first-order chi connectivity index (χ1) is 14.1. The van der Waals surface area contributed by atoms with Crippen LogP contribution >= 0.6 is 11.6 Å². The number of sulfonamides is 1. The van der Waals surface area contributed by atoms with Crippen molar-refractivity contribution in [3.63, 3.8) is 0 Å². The van der Waals surface area contributed by atoms with Gasteiger partial charge in [0, 0.05) is 17.7 Å². The number of rotatable bonds is 6. The number of anilines is 1. The fourth-order valence-electron chi connectivity index (χ4n) is 2.78. The smallest absolute Gasteiger partial charge is 0.339 e. The van der Waals surface area contributed by atoms with Crippen LogP contribution in [0.3, 0.4) is 0 Å². The van der Waals surface area contributed by atoms with E-state index >= 15 is 0 Å². The molecule has 0 radical (unpaired) electrons. The minimum Gasteiger partial charge on any atom is -0.489 e. The summed E-state index contributed by atoms with van der Waals surface area (Å²) in [6.45, 7) is 2.34. The van der Waals surface area contributed by atoms with Crippen LogP contribution in [-0.4, -0.2) is 45.7 Å². The van der Waals surface area contributed by atoms with E-state index in [0.29, 0.717) is 36.8 Å². The van der Waals surface area contributed by atoms with Crippen LogP contribution in [0.4, 0.5) is 5.69 Å². The third kappa shape index (κ3) is 5.43. The molecular formula is C20H20ClNO7S. The second-order valence-electron chi connectivity index (χ2n) is 6.70. The Kier molecular flexibility index (Phi) is 6.52. The molecule has 1 N–H and O–H groups in total. The molecular weight excluding hydrogens is 434 g/mol. The SMILES string of the molecule is C[C@@H](OC(=O)c1cc(Cl)c2c(c1)OCCCO2)C(=O)c1ccc(NS(C)(=O)=O)cc1. The number of halogens is 1. The molecule has 1 heterocycles. The molecule has 1 aliphatic rings. The van der Waals surface area contributed by atoms with E-state index in [4.69, 9.17) is 25.8 Å². The zero-order valence-electron chi connectivity index (χ0n) is 16.3. The van der Waals surface area contributed by atoms with Gasteiger partial charge in [-0.05, 0) is 43.3 Å². The van der Waals surface area contributed by atoms with Gasteiger partial charge in [0.05, 0.1) is 30.1 Å². The van der Waals surface area contributed by atoms with Crippen LogP contribution in [0.25, 0.3) is 0 Å². The van der Waals surface area contributed by atoms with Crippen molar-refractivity contribution in [2.45, 2.75) is 19.4 Å². The number of fused-ring (bicyclic) bond motifs is 1.